The molecule has 0 aromatic carbocycles. The zero-order chi connectivity index (χ0) is 13.9. The van der Waals surface area contributed by atoms with E-state index in [4.69, 9.17) is 0 Å². The average molecular weight is 290 g/mol. The Morgan fingerprint density at radius 2 is 1.72 bits per heavy atom. The van der Waals surface area contributed by atoms with Crippen LogP contribution in [0.3, 0.4) is 0 Å². The van der Waals surface area contributed by atoms with Crippen molar-refractivity contribution in [2.24, 2.45) is 0 Å². The molecule has 0 N–H and O–H groups in total. The van der Waals surface area contributed by atoms with Crippen LogP contribution in [-0.2, 0) is 14.4 Å². The molecule has 0 spiro atoms. The molecule has 0 radical (unpaired) electrons. The van der Waals surface area contributed by atoms with E-state index in [-0.39, 0.29) is 0 Å². The molecule has 0 amide bonds. The molecule has 1 aliphatic rings. The van der Waals surface area contributed by atoms with Gasteiger partial charge in [-0.1, -0.05) is 17.6 Å². The third kappa shape index (κ3) is 3.83. The van der Waals surface area contributed by atoms with E-state index < -0.39 is 20.3 Å². The first kappa shape index (κ1) is 15.7. The van der Waals surface area contributed by atoms with Crippen LogP contribution in [0.25, 0.3) is 0 Å². The number of likely N-dealkylation sites (tertiary alicyclic amines) is 1. The van der Waals surface area contributed by atoms with Crippen LogP contribution in [-0.4, -0.2) is 38.2 Å². The van der Waals surface area contributed by atoms with Crippen molar-refractivity contribution in [2.75, 3.05) is 19.6 Å². The lowest BCUT2D eigenvalue weighted by molar-refractivity contribution is -1.08. The molecule has 1 rings (SSSR count). The van der Waals surface area contributed by atoms with Gasteiger partial charge in [-0.05, 0) is 25.7 Å². The van der Waals surface area contributed by atoms with E-state index in [0.717, 1.165) is 12.8 Å². The molecule has 0 unspecified atom stereocenters. The summed E-state index contributed by atoms with van der Waals surface area (Å²) >= 11 is 0. The van der Waals surface area contributed by atoms with E-state index >= 15 is 0 Å². The first-order chi connectivity index (χ1) is 8.22. The summed E-state index contributed by atoms with van der Waals surface area (Å²) in [6.07, 6.45) is 3.72. The smallest absolute Gasteiger partial charge is 0.185 e. The van der Waals surface area contributed by atoms with Gasteiger partial charge in [-0.15, -0.1) is 0 Å². The van der Waals surface area contributed by atoms with Crippen LogP contribution in [0.5, 0.6) is 0 Å². The zero-order valence-corrected chi connectivity index (χ0v) is 11.2. The topological polar surface area (TPSA) is 43.4 Å². The Labute approximate surface area is 105 Å². The monoisotopic (exact) mass is 290 g/mol. The van der Waals surface area contributed by atoms with Crippen molar-refractivity contribution in [2.45, 2.75) is 44.5 Å². The largest absolute Gasteiger partial charge is 0.528 e. The SMILES string of the molecule is CCCC[N+]1(OS(=O)(=O)C(F)(F)F)CCCCC1. The van der Waals surface area contributed by atoms with Crippen molar-refractivity contribution in [1.29, 1.82) is 0 Å². The number of unbranched alkanes of at least 4 members (excludes halogenated alkanes) is 1. The molecule has 0 aromatic rings. The van der Waals surface area contributed by atoms with Crippen molar-refractivity contribution >= 4 is 10.1 Å². The number of alkyl halides is 3. The highest BCUT2D eigenvalue weighted by Gasteiger charge is 2.53. The highest BCUT2D eigenvalue weighted by molar-refractivity contribution is 7.87. The molecule has 1 saturated heterocycles. The highest BCUT2D eigenvalue weighted by Crippen LogP contribution is 2.30. The van der Waals surface area contributed by atoms with Gasteiger partial charge in [0.05, 0.1) is 0 Å². The molecule has 18 heavy (non-hydrogen) atoms. The maximum atomic E-state index is 12.4. The second-order valence-electron chi connectivity index (χ2n) is 4.62. The standard InChI is InChI=1S/C10H19F3NO3S/c1-2-3-7-14(8-5-4-6-9-14)17-18(15,16)10(11,12)13/h2-9H2,1H3/q+1. The molecule has 4 nitrogen and oxygen atoms in total. The van der Waals surface area contributed by atoms with Gasteiger partial charge in [0.1, 0.15) is 19.6 Å². The van der Waals surface area contributed by atoms with Gasteiger partial charge in [-0.3, -0.25) is 0 Å². The zero-order valence-electron chi connectivity index (χ0n) is 10.4. The molecule has 0 bridgehead atoms. The third-order valence-corrected chi connectivity index (χ3v) is 4.17. The van der Waals surface area contributed by atoms with Crippen LogP contribution >= 0.6 is 0 Å². The molecule has 0 saturated carbocycles. The number of piperidine rings is 1. The molecular formula is C10H19F3NO3S+. The summed E-state index contributed by atoms with van der Waals surface area (Å²) in [7, 11) is -5.51. The summed E-state index contributed by atoms with van der Waals surface area (Å²) in [4.78, 5) is 0. The van der Waals surface area contributed by atoms with E-state index in [1.54, 1.807) is 0 Å². The van der Waals surface area contributed by atoms with Crippen LogP contribution in [0, 0.1) is 0 Å². The van der Waals surface area contributed by atoms with Gasteiger partial charge in [0.15, 0.2) is 0 Å². The third-order valence-electron chi connectivity index (χ3n) is 3.09. The van der Waals surface area contributed by atoms with Gasteiger partial charge in [0, 0.05) is 0 Å². The van der Waals surface area contributed by atoms with Crippen molar-refractivity contribution in [3.05, 3.63) is 0 Å². The maximum absolute atomic E-state index is 12.4. The van der Waals surface area contributed by atoms with Crippen LogP contribution < -0.4 is 0 Å². The van der Waals surface area contributed by atoms with Crippen molar-refractivity contribution in [3.8, 4) is 0 Å². The minimum atomic E-state index is -5.51. The molecule has 0 aromatic heterocycles. The number of hydrogen-bond acceptors (Lipinski definition) is 3. The summed E-state index contributed by atoms with van der Waals surface area (Å²) in [5, 5.41) is 0. The van der Waals surface area contributed by atoms with Crippen LogP contribution in [0.4, 0.5) is 13.2 Å². The van der Waals surface area contributed by atoms with Crippen LogP contribution in [0.1, 0.15) is 39.0 Å². The second kappa shape index (κ2) is 5.75. The number of quaternary nitrogens is 1. The Morgan fingerprint density at radius 3 is 2.17 bits per heavy atom. The second-order valence-corrected chi connectivity index (χ2v) is 6.14. The number of nitrogens with zero attached hydrogens (tertiary/aromatic N) is 1. The van der Waals surface area contributed by atoms with Gasteiger partial charge in [0.2, 0.25) is 0 Å². The molecule has 0 aliphatic carbocycles. The summed E-state index contributed by atoms with van der Waals surface area (Å²) in [5.74, 6) is 0. The normalized spacial score (nSPS) is 20.9. The first-order valence-corrected chi connectivity index (χ1v) is 7.52. The molecule has 0 atom stereocenters. The highest BCUT2D eigenvalue weighted by atomic mass is 32.2. The van der Waals surface area contributed by atoms with E-state index in [1.165, 1.54) is 0 Å². The Balaban J connectivity index is 2.85. The van der Waals surface area contributed by atoms with Gasteiger partial charge in [0.25, 0.3) is 0 Å². The number of hydroxylamine groups is 3. The number of halogens is 3. The Hall–Kier alpha value is -0.340. The summed E-state index contributed by atoms with van der Waals surface area (Å²) < 4.78 is 63.4. The fourth-order valence-electron chi connectivity index (χ4n) is 2.12. The van der Waals surface area contributed by atoms with Gasteiger partial charge in [-0.25, -0.2) is 0 Å². The lowest BCUT2D eigenvalue weighted by Crippen LogP contribution is -2.54. The van der Waals surface area contributed by atoms with E-state index in [9.17, 15) is 21.6 Å². The number of rotatable bonds is 5. The van der Waals surface area contributed by atoms with Gasteiger partial charge >= 0.3 is 15.6 Å². The summed E-state index contributed by atoms with van der Waals surface area (Å²) in [6.45, 7) is 2.87. The lowest BCUT2D eigenvalue weighted by Gasteiger charge is -2.37. The molecule has 1 fully saturated rings. The van der Waals surface area contributed by atoms with Crippen molar-refractivity contribution in [3.63, 3.8) is 0 Å². The number of hydrogen-bond donors (Lipinski definition) is 0. The van der Waals surface area contributed by atoms with E-state index in [0.29, 0.717) is 38.9 Å². The van der Waals surface area contributed by atoms with Crippen molar-refractivity contribution < 1.29 is 30.5 Å². The molecular weight excluding hydrogens is 271 g/mol. The molecule has 108 valence electrons. The predicted octanol–water partition coefficient (Wildman–Crippen LogP) is 2.57. The van der Waals surface area contributed by atoms with Crippen LogP contribution in [0.2, 0.25) is 0 Å². The Morgan fingerprint density at radius 1 is 1.17 bits per heavy atom. The Kier molecular flexibility index (Phi) is 5.02. The first-order valence-electron chi connectivity index (χ1n) is 6.11. The van der Waals surface area contributed by atoms with E-state index in [1.807, 2.05) is 6.92 Å². The average Bonchev–Trinajstić information content (AvgIpc) is 2.25. The fourth-order valence-corrected chi connectivity index (χ4v) is 2.85. The molecule has 1 aliphatic heterocycles. The van der Waals surface area contributed by atoms with Crippen molar-refractivity contribution in [1.82, 2.24) is 0 Å². The van der Waals surface area contributed by atoms with Gasteiger partial charge < -0.3 is 0 Å². The fraction of sp³-hybridized carbons (Fsp3) is 1.00. The maximum Gasteiger partial charge on any atom is 0.528 e. The molecule has 1 heterocycles. The quantitative estimate of drug-likeness (QED) is 0.577. The lowest BCUT2D eigenvalue weighted by atomic mass is 10.1. The van der Waals surface area contributed by atoms with Crippen LogP contribution in [0.15, 0.2) is 0 Å². The summed E-state index contributed by atoms with van der Waals surface area (Å²) in [5.41, 5.74) is -5.35. The van der Waals surface area contributed by atoms with Gasteiger partial charge in [-0.2, -0.15) is 26.2 Å². The van der Waals surface area contributed by atoms with E-state index in [2.05, 4.69) is 4.28 Å². The molecule has 8 heteroatoms. The Bertz CT molecular complexity index is 361. The minimum absolute atomic E-state index is 0.311. The predicted molar refractivity (Wildman–Crippen MR) is 59.7 cm³/mol. The summed E-state index contributed by atoms with van der Waals surface area (Å²) in [6, 6.07) is 0. The minimum Gasteiger partial charge on any atom is -0.185 e.